The van der Waals surface area contributed by atoms with E-state index in [1.807, 2.05) is 34.6 Å². The highest BCUT2D eigenvalue weighted by molar-refractivity contribution is 8.02. The number of rotatable bonds is 5. The largest absolute Gasteiger partial charge is 0.465 e. The van der Waals surface area contributed by atoms with Gasteiger partial charge in [0.15, 0.2) is 4.75 Å². The lowest BCUT2D eigenvalue weighted by atomic mass is 10.0. The SMILES string of the molecule is CCOC(=O)C1(C)Sc2ccc(C(=O)N(C(C)C)[C@@H]3CCCN(C(=O)OC(C)(C)C)C3)cc2NC1=O. The Morgan fingerprint density at radius 1 is 1.28 bits per heavy atom. The van der Waals surface area contributed by atoms with Crippen molar-refractivity contribution in [1.82, 2.24) is 9.80 Å². The van der Waals surface area contributed by atoms with Gasteiger partial charge in [-0.05, 0) is 79.5 Å². The topological polar surface area (TPSA) is 105 Å². The molecule has 9 nitrogen and oxygen atoms in total. The number of carbonyl (C=O) groups is 4. The highest BCUT2D eigenvalue weighted by atomic mass is 32.2. The summed E-state index contributed by atoms with van der Waals surface area (Å²) in [5.74, 6) is -1.26. The zero-order chi connectivity index (χ0) is 26.8. The van der Waals surface area contributed by atoms with E-state index in [2.05, 4.69) is 5.32 Å². The van der Waals surface area contributed by atoms with E-state index < -0.39 is 22.2 Å². The number of carbonyl (C=O) groups excluding carboxylic acids is 4. The van der Waals surface area contributed by atoms with E-state index in [4.69, 9.17) is 9.47 Å². The molecule has 2 heterocycles. The van der Waals surface area contributed by atoms with Crippen LogP contribution >= 0.6 is 11.8 Å². The maximum Gasteiger partial charge on any atom is 0.410 e. The Bertz CT molecular complexity index is 1040. The standard InChI is InChI=1S/C26H37N3O6S/c1-8-34-23(32)26(7)22(31)27-19-14-17(11-12-20(19)36-26)21(30)29(16(2)3)18-10-9-13-28(15-18)24(33)35-25(4,5)6/h11-12,14,16,18H,8-10,13,15H2,1-7H3,(H,27,31)/t18-,26?/m1/s1. The molecule has 2 atom stereocenters. The van der Waals surface area contributed by atoms with Crippen molar-refractivity contribution in [3.63, 3.8) is 0 Å². The van der Waals surface area contributed by atoms with Crippen molar-refractivity contribution in [2.24, 2.45) is 0 Å². The minimum Gasteiger partial charge on any atom is -0.465 e. The normalized spacial score (nSPS) is 21.9. The number of ether oxygens (including phenoxy) is 2. The number of benzene rings is 1. The van der Waals surface area contributed by atoms with E-state index in [0.717, 1.165) is 24.6 Å². The summed E-state index contributed by atoms with van der Waals surface area (Å²) in [4.78, 5) is 55.7. The molecular weight excluding hydrogens is 482 g/mol. The number of hydrogen-bond donors (Lipinski definition) is 1. The Morgan fingerprint density at radius 3 is 2.58 bits per heavy atom. The van der Waals surface area contributed by atoms with E-state index in [1.165, 1.54) is 6.92 Å². The van der Waals surface area contributed by atoms with E-state index in [-0.39, 0.29) is 30.7 Å². The smallest absolute Gasteiger partial charge is 0.410 e. The second-order valence-corrected chi connectivity index (χ2v) is 12.0. The lowest BCUT2D eigenvalue weighted by Gasteiger charge is -2.41. The Morgan fingerprint density at radius 2 is 1.97 bits per heavy atom. The molecule has 1 unspecified atom stereocenters. The summed E-state index contributed by atoms with van der Waals surface area (Å²) in [5.41, 5.74) is 0.324. The maximum atomic E-state index is 13.7. The van der Waals surface area contributed by atoms with Gasteiger partial charge in [0.2, 0.25) is 0 Å². The number of hydrogen-bond acceptors (Lipinski definition) is 7. The van der Waals surface area contributed by atoms with Gasteiger partial charge in [-0.15, -0.1) is 0 Å². The third-order valence-electron chi connectivity index (χ3n) is 6.12. The summed E-state index contributed by atoms with van der Waals surface area (Å²) < 4.78 is 9.23. The molecule has 2 aliphatic heterocycles. The van der Waals surface area contributed by atoms with Gasteiger partial charge in [0.05, 0.1) is 18.3 Å². The maximum absolute atomic E-state index is 13.7. The molecule has 0 aliphatic carbocycles. The number of nitrogens with zero attached hydrogens (tertiary/aromatic N) is 2. The minimum absolute atomic E-state index is 0.104. The number of likely N-dealkylation sites (tertiary alicyclic amines) is 1. The van der Waals surface area contributed by atoms with Crippen LogP contribution in [0.15, 0.2) is 23.1 Å². The second kappa shape index (κ2) is 10.7. The van der Waals surface area contributed by atoms with Crippen LogP contribution < -0.4 is 5.32 Å². The average molecular weight is 520 g/mol. The lowest BCUT2D eigenvalue weighted by Crippen LogP contribution is -2.54. The quantitative estimate of drug-likeness (QED) is 0.457. The van der Waals surface area contributed by atoms with E-state index in [0.29, 0.717) is 29.2 Å². The van der Waals surface area contributed by atoms with Gasteiger partial charge < -0.3 is 24.6 Å². The number of thioether (sulfide) groups is 1. The fraction of sp³-hybridized carbons (Fsp3) is 0.615. The Balaban J connectivity index is 1.81. The van der Waals surface area contributed by atoms with Crippen LogP contribution in [0.3, 0.4) is 0 Å². The molecule has 0 radical (unpaired) electrons. The number of piperidine rings is 1. The molecule has 1 aromatic rings. The first-order valence-electron chi connectivity index (χ1n) is 12.4. The molecule has 198 valence electrons. The number of amides is 3. The monoisotopic (exact) mass is 519 g/mol. The molecule has 0 aromatic heterocycles. The van der Waals surface area contributed by atoms with E-state index >= 15 is 0 Å². The highest BCUT2D eigenvalue weighted by Gasteiger charge is 2.47. The molecule has 2 aliphatic rings. The first-order valence-corrected chi connectivity index (χ1v) is 13.2. The van der Waals surface area contributed by atoms with Gasteiger partial charge >= 0.3 is 12.1 Å². The van der Waals surface area contributed by atoms with Crippen molar-refractivity contribution in [1.29, 1.82) is 0 Å². The van der Waals surface area contributed by atoms with Gasteiger partial charge in [0, 0.05) is 29.6 Å². The van der Waals surface area contributed by atoms with E-state index in [9.17, 15) is 19.2 Å². The van der Waals surface area contributed by atoms with Gasteiger partial charge in [-0.1, -0.05) is 11.8 Å². The Labute approximate surface area is 217 Å². The van der Waals surface area contributed by atoms with Crippen LogP contribution in [-0.2, 0) is 19.1 Å². The first-order chi connectivity index (χ1) is 16.8. The number of fused-ring (bicyclic) bond motifs is 1. The zero-order valence-electron chi connectivity index (χ0n) is 22.2. The van der Waals surface area contributed by atoms with Crippen LogP contribution in [0, 0.1) is 0 Å². The lowest BCUT2D eigenvalue weighted by molar-refractivity contribution is -0.148. The molecule has 10 heteroatoms. The van der Waals surface area contributed by atoms with Crippen LogP contribution in [0.25, 0.3) is 0 Å². The summed E-state index contributed by atoms with van der Waals surface area (Å²) in [6.07, 6.45) is 1.17. The zero-order valence-corrected chi connectivity index (χ0v) is 23.0. The van der Waals surface area contributed by atoms with Crippen LogP contribution in [0.4, 0.5) is 10.5 Å². The number of nitrogens with one attached hydrogen (secondary N) is 1. The van der Waals surface area contributed by atoms with Gasteiger partial charge in [-0.25, -0.2) is 9.59 Å². The molecule has 1 N–H and O–H groups in total. The molecule has 3 rings (SSSR count). The van der Waals surface area contributed by atoms with Gasteiger partial charge in [0.1, 0.15) is 5.60 Å². The summed E-state index contributed by atoms with van der Waals surface area (Å²) in [6.45, 7) is 13.8. The third kappa shape index (κ3) is 5.96. The third-order valence-corrected chi connectivity index (χ3v) is 7.46. The van der Waals surface area contributed by atoms with Crippen molar-refractivity contribution in [3.8, 4) is 0 Å². The highest BCUT2D eigenvalue weighted by Crippen LogP contribution is 2.43. The van der Waals surface area contributed by atoms with Gasteiger partial charge in [-0.2, -0.15) is 0 Å². The summed E-state index contributed by atoms with van der Waals surface area (Å²) >= 11 is 1.12. The van der Waals surface area contributed by atoms with Crippen molar-refractivity contribution in [2.45, 2.75) is 88.6 Å². The molecule has 0 bridgehead atoms. The molecule has 1 aromatic carbocycles. The predicted molar refractivity (Wildman–Crippen MR) is 138 cm³/mol. The summed E-state index contributed by atoms with van der Waals surface area (Å²) in [7, 11) is 0. The van der Waals surface area contributed by atoms with Crippen LogP contribution in [0.2, 0.25) is 0 Å². The summed E-state index contributed by atoms with van der Waals surface area (Å²) in [5, 5.41) is 2.78. The van der Waals surface area contributed by atoms with E-state index in [1.54, 1.807) is 34.9 Å². The second-order valence-electron chi connectivity index (χ2n) is 10.5. The molecule has 1 fully saturated rings. The van der Waals surface area contributed by atoms with Crippen LogP contribution in [0.1, 0.15) is 71.7 Å². The fourth-order valence-corrected chi connectivity index (χ4v) is 5.49. The minimum atomic E-state index is -1.40. The molecule has 36 heavy (non-hydrogen) atoms. The van der Waals surface area contributed by atoms with Crippen molar-refractivity contribution in [3.05, 3.63) is 23.8 Å². The van der Waals surface area contributed by atoms with Gasteiger partial charge in [0.25, 0.3) is 11.8 Å². The first kappa shape index (κ1) is 27.8. The predicted octanol–water partition coefficient (Wildman–Crippen LogP) is 4.30. The Hall–Kier alpha value is -2.75. The van der Waals surface area contributed by atoms with Crippen LogP contribution in [0.5, 0.6) is 0 Å². The molecule has 1 saturated heterocycles. The van der Waals surface area contributed by atoms with Gasteiger partial charge in [-0.3, -0.25) is 9.59 Å². The number of anilines is 1. The Kier molecular flexibility index (Phi) is 8.27. The van der Waals surface area contributed by atoms with Crippen molar-refractivity contribution in [2.75, 3.05) is 25.0 Å². The fourth-order valence-electron chi connectivity index (χ4n) is 4.41. The van der Waals surface area contributed by atoms with Crippen LogP contribution in [-0.4, -0.2) is 75.8 Å². The average Bonchev–Trinajstić information content (AvgIpc) is 2.78. The molecular formula is C26H37N3O6S. The molecule has 0 spiro atoms. The number of esters is 1. The van der Waals surface area contributed by atoms with Crippen molar-refractivity contribution < 1.29 is 28.7 Å². The molecule has 3 amide bonds. The van der Waals surface area contributed by atoms with Crippen molar-refractivity contribution >= 4 is 41.3 Å². The molecule has 0 saturated carbocycles. The summed E-state index contributed by atoms with van der Waals surface area (Å²) in [6, 6.07) is 4.84.